The lowest BCUT2D eigenvalue weighted by molar-refractivity contribution is 0.669. The Morgan fingerprint density at radius 2 is 1.27 bits per heavy atom. The van der Waals surface area contributed by atoms with Crippen molar-refractivity contribution in [2.75, 3.05) is 0 Å². The maximum atomic E-state index is 6.48. The second-order valence-corrected chi connectivity index (χ2v) is 14.9. The van der Waals surface area contributed by atoms with Crippen molar-refractivity contribution in [3.8, 4) is 17.2 Å². The zero-order valence-electron chi connectivity index (χ0n) is 28.0. The molecule has 0 fully saturated rings. The van der Waals surface area contributed by atoms with E-state index in [1.807, 2.05) is 23.5 Å². The second kappa shape index (κ2) is 10.3. The molecule has 5 heteroatoms. The molecule has 0 atom stereocenters. The first-order valence-electron chi connectivity index (χ1n) is 17.6. The van der Waals surface area contributed by atoms with Crippen molar-refractivity contribution in [1.82, 2.24) is 14.5 Å². The van der Waals surface area contributed by atoms with Gasteiger partial charge in [-0.2, -0.15) is 0 Å². The number of nitrogens with zero attached hydrogens (tertiary/aromatic N) is 3. The molecule has 0 amide bonds. The standard InChI is InChI=1S/C47H27N3OS/c1-26-18-19-27-20-22-37-42(34(27)24-26)33-21-23-39-44(31-13-5-8-16-38(31)51-39)46(33)50(37)47-48-36-15-7-4-12-30(36)45(49-47)35-25-41-43(29-11-3-2-10-28(29)35)32-14-6-9-17-40(32)52-41/h2-25H,1H3. The van der Waals surface area contributed by atoms with E-state index in [0.29, 0.717) is 5.95 Å². The van der Waals surface area contributed by atoms with E-state index in [2.05, 4.69) is 145 Å². The van der Waals surface area contributed by atoms with Gasteiger partial charge in [0.1, 0.15) is 11.2 Å². The van der Waals surface area contributed by atoms with Gasteiger partial charge in [0.15, 0.2) is 0 Å². The Labute approximate surface area is 300 Å². The van der Waals surface area contributed by atoms with Crippen molar-refractivity contribution < 1.29 is 4.42 Å². The van der Waals surface area contributed by atoms with E-state index in [-0.39, 0.29) is 0 Å². The predicted molar refractivity (Wildman–Crippen MR) is 219 cm³/mol. The van der Waals surface area contributed by atoms with Gasteiger partial charge in [-0.1, -0.05) is 109 Å². The summed E-state index contributed by atoms with van der Waals surface area (Å²) in [6.07, 6.45) is 0. The summed E-state index contributed by atoms with van der Waals surface area (Å²) in [4.78, 5) is 11.0. The Morgan fingerprint density at radius 1 is 0.519 bits per heavy atom. The van der Waals surface area contributed by atoms with Crippen LogP contribution in [0.1, 0.15) is 5.56 Å². The summed E-state index contributed by atoms with van der Waals surface area (Å²) in [5.74, 6) is 0.638. The summed E-state index contributed by atoms with van der Waals surface area (Å²) >= 11 is 1.84. The van der Waals surface area contributed by atoms with Gasteiger partial charge < -0.3 is 4.42 Å². The Morgan fingerprint density at radius 3 is 2.17 bits per heavy atom. The molecule has 242 valence electrons. The van der Waals surface area contributed by atoms with Crippen molar-refractivity contribution in [2.24, 2.45) is 0 Å². The van der Waals surface area contributed by atoms with Crippen LogP contribution >= 0.6 is 11.3 Å². The monoisotopic (exact) mass is 681 g/mol. The van der Waals surface area contributed by atoms with Gasteiger partial charge in [0.05, 0.1) is 27.6 Å². The molecule has 0 radical (unpaired) electrons. The van der Waals surface area contributed by atoms with Crippen LogP contribution in [0, 0.1) is 6.92 Å². The summed E-state index contributed by atoms with van der Waals surface area (Å²) in [5, 5.41) is 13.0. The van der Waals surface area contributed by atoms with Crippen LogP contribution in [0.25, 0.3) is 114 Å². The molecule has 4 nitrogen and oxygen atoms in total. The zero-order valence-corrected chi connectivity index (χ0v) is 28.8. The molecule has 0 unspecified atom stereocenters. The molecule has 12 aromatic rings. The summed E-state index contributed by atoms with van der Waals surface area (Å²) < 4.78 is 11.3. The maximum absolute atomic E-state index is 6.48. The molecule has 0 bridgehead atoms. The highest BCUT2D eigenvalue weighted by atomic mass is 32.1. The topological polar surface area (TPSA) is 43.9 Å². The van der Waals surface area contributed by atoms with Crippen LogP contribution in [0.3, 0.4) is 0 Å². The summed E-state index contributed by atoms with van der Waals surface area (Å²) in [6.45, 7) is 2.16. The lowest BCUT2D eigenvalue weighted by Crippen LogP contribution is -2.04. The van der Waals surface area contributed by atoms with Crippen LogP contribution in [0.15, 0.2) is 150 Å². The first-order valence-corrected chi connectivity index (χ1v) is 18.4. The van der Waals surface area contributed by atoms with Crippen LogP contribution in [0.2, 0.25) is 0 Å². The average Bonchev–Trinajstić information content (AvgIpc) is 3.86. The van der Waals surface area contributed by atoms with Crippen molar-refractivity contribution in [2.45, 2.75) is 6.92 Å². The third-order valence-corrected chi connectivity index (χ3v) is 12.0. The summed E-state index contributed by atoms with van der Waals surface area (Å²) in [5.41, 5.74) is 7.99. The van der Waals surface area contributed by atoms with Crippen LogP contribution in [0.5, 0.6) is 0 Å². The molecule has 12 rings (SSSR count). The fourth-order valence-corrected chi connectivity index (χ4v) is 9.77. The molecule has 0 N–H and O–H groups in total. The molecule has 52 heavy (non-hydrogen) atoms. The molecule has 0 spiro atoms. The Balaban J connectivity index is 1.27. The van der Waals surface area contributed by atoms with Gasteiger partial charge in [0, 0.05) is 47.3 Å². The second-order valence-electron chi connectivity index (χ2n) is 13.8. The van der Waals surface area contributed by atoms with E-state index in [9.17, 15) is 0 Å². The molecular weight excluding hydrogens is 655 g/mol. The molecule has 0 saturated heterocycles. The fourth-order valence-electron chi connectivity index (χ4n) is 8.61. The minimum Gasteiger partial charge on any atom is -0.456 e. The summed E-state index contributed by atoms with van der Waals surface area (Å²) in [7, 11) is 0. The van der Waals surface area contributed by atoms with Crippen molar-refractivity contribution in [3.63, 3.8) is 0 Å². The van der Waals surface area contributed by atoms with Gasteiger partial charge in [-0.15, -0.1) is 11.3 Å². The molecule has 8 aromatic carbocycles. The number of aromatic nitrogens is 3. The normalized spacial score (nSPS) is 12.3. The molecule has 4 aromatic heterocycles. The quantitative estimate of drug-likeness (QED) is 0.182. The highest BCUT2D eigenvalue weighted by Gasteiger charge is 2.24. The predicted octanol–water partition coefficient (Wildman–Crippen LogP) is 13.3. The Bertz CT molecular complexity index is 3490. The first kappa shape index (κ1) is 28.2. The molecule has 4 heterocycles. The number of para-hydroxylation sites is 2. The van der Waals surface area contributed by atoms with E-state index in [4.69, 9.17) is 14.4 Å². The van der Waals surface area contributed by atoms with E-state index in [1.165, 1.54) is 52.7 Å². The van der Waals surface area contributed by atoms with Gasteiger partial charge in [-0.05, 0) is 70.9 Å². The number of thiophene rings is 1. The molecule has 0 aliphatic rings. The van der Waals surface area contributed by atoms with Crippen molar-refractivity contribution >= 4 is 108 Å². The fraction of sp³-hybridized carbons (Fsp3) is 0.0213. The van der Waals surface area contributed by atoms with Gasteiger partial charge in [0.25, 0.3) is 0 Å². The summed E-state index contributed by atoms with van der Waals surface area (Å²) in [6, 6.07) is 52.1. The smallest absolute Gasteiger partial charge is 0.235 e. The Hall–Kier alpha value is -6.56. The average molecular weight is 682 g/mol. The largest absolute Gasteiger partial charge is 0.456 e. The number of hydrogen-bond donors (Lipinski definition) is 0. The van der Waals surface area contributed by atoms with Crippen LogP contribution in [0.4, 0.5) is 0 Å². The van der Waals surface area contributed by atoms with E-state index < -0.39 is 0 Å². The van der Waals surface area contributed by atoms with E-state index >= 15 is 0 Å². The van der Waals surface area contributed by atoms with Crippen LogP contribution in [-0.4, -0.2) is 14.5 Å². The minimum absolute atomic E-state index is 0.638. The number of fused-ring (bicyclic) bond motifs is 15. The highest BCUT2D eigenvalue weighted by Crippen LogP contribution is 2.46. The van der Waals surface area contributed by atoms with E-state index in [1.54, 1.807) is 0 Å². The number of benzene rings is 8. The minimum atomic E-state index is 0.638. The van der Waals surface area contributed by atoms with Crippen molar-refractivity contribution in [1.29, 1.82) is 0 Å². The SMILES string of the molecule is Cc1ccc2ccc3c(c2c1)c1ccc2oc4ccccc4c2c1n3-c1nc(-c2cc3sc4ccccc4c3c3ccccc23)c2ccccc2n1. The zero-order chi connectivity index (χ0) is 34.1. The number of rotatable bonds is 2. The maximum Gasteiger partial charge on any atom is 0.235 e. The highest BCUT2D eigenvalue weighted by molar-refractivity contribution is 7.26. The lowest BCUT2D eigenvalue weighted by atomic mass is 9.96. The molecular formula is C47H27N3OS. The van der Waals surface area contributed by atoms with Crippen molar-refractivity contribution in [3.05, 3.63) is 151 Å². The van der Waals surface area contributed by atoms with Gasteiger partial charge in [0.2, 0.25) is 5.95 Å². The van der Waals surface area contributed by atoms with Gasteiger partial charge in [-0.3, -0.25) is 4.57 Å². The number of furan rings is 1. The van der Waals surface area contributed by atoms with Crippen LogP contribution < -0.4 is 0 Å². The van der Waals surface area contributed by atoms with Gasteiger partial charge in [-0.25, -0.2) is 9.97 Å². The van der Waals surface area contributed by atoms with Crippen LogP contribution in [-0.2, 0) is 0 Å². The third kappa shape index (κ3) is 3.75. The molecule has 0 aliphatic carbocycles. The van der Waals surface area contributed by atoms with Gasteiger partial charge >= 0.3 is 0 Å². The number of hydrogen-bond acceptors (Lipinski definition) is 4. The first-order chi connectivity index (χ1) is 25.7. The van der Waals surface area contributed by atoms with E-state index in [0.717, 1.165) is 60.5 Å². The molecule has 0 saturated carbocycles. The third-order valence-electron chi connectivity index (χ3n) is 10.8. The lowest BCUT2D eigenvalue weighted by Gasteiger charge is -2.14. The number of aryl methyl sites for hydroxylation is 1. The molecule has 0 aliphatic heterocycles. The Kier molecular flexibility index (Phi) is 5.55.